The molecule has 3 atom stereocenters. The predicted molar refractivity (Wildman–Crippen MR) is 141 cm³/mol. The van der Waals surface area contributed by atoms with Crippen LogP contribution >= 0.6 is 0 Å². The van der Waals surface area contributed by atoms with Crippen molar-refractivity contribution in [1.82, 2.24) is 9.71 Å². The molecule has 1 aromatic heterocycles. The number of aromatic nitrogens is 1. The number of Topliss-reactive ketones (excluding diaryl/α,β-unsaturated/α-hetero) is 1. The quantitative estimate of drug-likeness (QED) is 0.477. The summed E-state index contributed by atoms with van der Waals surface area (Å²) in [4.78, 5) is 18.3. The van der Waals surface area contributed by atoms with Crippen LogP contribution in [0.2, 0.25) is 0 Å². The lowest BCUT2D eigenvalue weighted by atomic mass is 9.70. The number of H-pyrrole nitrogens is 1. The number of anilines is 1. The summed E-state index contributed by atoms with van der Waals surface area (Å²) in [6, 6.07) is 16.3. The SMILES string of the molecule is CN(C)c1ccc(C(CNS(=O)(=O)CC23CCC(CC2=O)C3(C)C)c2c[nH]c3ccccc23)cc1. The number of carbonyl (C=O) groups excluding carboxylic acids is 1. The van der Waals surface area contributed by atoms with Crippen LogP contribution in [0.15, 0.2) is 54.7 Å². The minimum atomic E-state index is -3.67. The van der Waals surface area contributed by atoms with Gasteiger partial charge in [0.25, 0.3) is 0 Å². The molecule has 5 rings (SSSR count). The van der Waals surface area contributed by atoms with Crippen molar-refractivity contribution in [3.63, 3.8) is 0 Å². The van der Waals surface area contributed by atoms with Crippen molar-refractivity contribution < 1.29 is 13.2 Å². The summed E-state index contributed by atoms with van der Waals surface area (Å²) in [6.07, 6.45) is 4.10. The van der Waals surface area contributed by atoms with Gasteiger partial charge in [0, 0.05) is 61.2 Å². The van der Waals surface area contributed by atoms with Crippen molar-refractivity contribution in [2.24, 2.45) is 16.7 Å². The van der Waals surface area contributed by atoms with E-state index in [2.05, 4.69) is 53.9 Å². The molecule has 2 aliphatic carbocycles. The topological polar surface area (TPSA) is 82.3 Å². The molecule has 2 N–H and O–H groups in total. The third-order valence-electron chi connectivity index (χ3n) is 8.89. The van der Waals surface area contributed by atoms with E-state index in [0.29, 0.717) is 18.8 Å². The molecule has 0 spiro atoms. The molecular weight excluding hydrogens is 458 g/mol. The van der Waals surface area contributed by atoms with E-state index in [9.17, 15) is 13.2 Å². The molecule has 3 unspecified atom stereocenters. The van der Waals surface area contributed by atoms with Crippen molar-refractivity contribution in [2.75, 3.05) is 31.3 Å². The first-order chi connectivity index (χ1) is 16.5. The number of sulfonamides is 1. The first-order valence-electron chi connectivity index (χ1n) is 12.4. The lowest BCUT2D eigenvalue weighted by Gasteiger charge is -2.36. The fourth-order valence-electron chi connectivity index (χ4n) is 6.49. The molecule has 3 aromatic rings. The Hall–Kier alpha value is -2.64. The number of fused-ring (bicyclic) bond motifs is 3. The standard InChI is InChI=1S/C28H35N3O3S/c1-27(2)20-13-14-28(27,26(32)15-20)18-35(33,34)30-17-23(19-9-11-21(12-10-19)31(3)4)24-16-29-25-8-6-5-7-22(24)25/h5-12,16,20,23,29-30H,13-15,17-18H2,1-4H3. The molecule has 0 saturated heterocycles. The third kappa shape index (κ3) is 3.99. The summed E-state index contributed by atoms with van der Waals surface area (Å²) in [5, 5.41) is 1.08. The van der Waals surface area contributed by atoms with Crippen molar-refractivity contribution >= 4 is 32.4 Å². The van der Waals surface area contributed by atoms with Crippen molar-refractivity contribution in [2.45, 2.75) is 39.0 Å². The maximum atomic E-state index is 13.4. The van der Waals surface area contributed by atoms with Crippen LogP contribution in [0, 0.1) is 16.7 Å². The van der Waals surface area contributed by atoms with Gasteiger partial charge in [-0.2, -0.15) is 0 Å². The zero-order valence-electron chi connectivity index (χ0n) is 21.0. The second-order valence-corrected chi connectivity index (χ2v) is 12.9. The fourth-order valence-corrected chi connectivity index (χ4v) is 8.34. The normalized spacial score (nSPS) is 24.2. The molecule has 6 nitrogen and oxygen atoms in total. The Kier molecular flexibility index (Phi) is 5.84. The van der Waals surface area contributed by atoms with Crippen LogP contribution in [0.4, 0.5) is 5.69 Å². The number of nitrogens with zero attached hydrogens (tertiary/aromatic N) is 1. The highest BCUT2D eigenvalue weighted by Crippen LogP contribution is 2.64. The molecule has 1 heterocycles. The number of hydrogen-bond donors (Lipinski definition) is 2. The van der Waals surface area contributed by atoms with E-state index in [-0.39, 0.29) is 29.4 Å². The van der Waals surface area contributed by atoms with Crippen LogP contribution in [0.1, 0.15) is 50.2 Å². The van der Waals surface area contributed by atoms with Crippen LogP contribution in [-0.4, -0.2) is 45.6 Å². The van der Waals surface area contributed by atoms with Gasteiger partial charge in [-0.1, -0.05) is 44.2 Å². The molecule has 2 saturated carbocycles. The predicted octanol–water partition coefficient (Wildman–Crippen LogP) is 4.68. The maximum Gasteiger partial charge on any atom is 0.212 e. The Morgan fingerprint density at radius 1 is 1.11 bits per heavy atom. The highest BCUT2D eigenvalue weighted by atomic mass is 32.2. The molecule has 2 aliphatic rings. The molecular formula is C28H35N3O3S. The molecule has 2 bridgehead atoms. The van der Waals surface area contributed by atoms with E-state index in [1.54, 1.807) is 0 Å². The Morgan fingerprint density at radius 2 is 1.83 bits per heavy atom. The van der Waals surface area contributed by atoms with E-state index in [1.807, 2.05) is 43.4 Å². The van der Waals surface area contributed by atoms with Gasteiger partial charge >= 0.3 is 0 Å². The third-order valence-corrected chi connectivity index (χ3v) is 10.4. The molecule has 2 fully saturated rings. The molecule has 186 valence electrons. The summed E-state index contributed by atoms with van der Waals surface area (Å²) >= 11 is 0. The lowest BCUT2D eigenvalue weighted by Crippen LogP contribution is -2.45. The van der Waals surface area contributed by atoms with Gasteiger partial charge in [0.05, 0.1) is 5.75 Å². The molecule has 0 radical (unpaired) electrons. The average Bonchev–Trinajstić information content (AvgIpc) is 3.39. The minimum absolute atomic E-state index is 0.122. The molecule has 7 heteroatoms. The Bertz CT molecular complexity index is 1360. The van der Waals surface area contributed by atoms with Gasteiger partial charge < -0.3 is 9.88 Å². The van der Waals surface area contributed by atoms with Gasteiger partial charge in [0.15, 0.2) is 0 Å². The van der Waals surface area contributed by atoms with Gasteiger partial charge in [-0.05, 0) is 53.5 Å². The molecule has 35 heavy (non-hydrogen) atoms. The lowest BCUT2D eigenvalue weighted by molar-refractivity contribution is -0.128. The largest absolute Gasteiger partial charge is 0.378 e. The second kappa shape index (κ2) is 8.49. The number of carbonyl (C=O) groups is 1. The molecule has 2 aromatic carbocycles. The Morgan fingerprint density at radius 3 is 2.46 bits per heavy atom. The van der Waals surface area contributed by atoms with Crippen LogP contribution in [-0.2, 0) is 14.8 Å². The fraction of sp³-hybridized carbons (Fsp3) is 0.464. The van der Waals surface area contributed by atoms with E-state index >= 15 is 0 Å². The van der Waals surface area contributed by atoms with Crippen LogP contribution in [0.5, 0.6) is 0 Å². The summed E-state index contributed by atoms with van der Waals surface area (Å²) in [6.45, 7) is 4.39. The summed E-state index contributed by atoms with van der Waals surface area (Å²) in [5.74, 6) is 0.122. The Labute approximate surface area is 208 Å². The van der Waals surface area contributed by atoms with Gasteiger partial charge in [0.1, 0.15) is 5.78 Å². The summed E-state index contributed by atoms with van der Waals surface area (Å²) in [5.41, 5.74) is 3.15. The number of nitrogens with one attached hydrogen (secondary N) is 2. The highest BCUT2D eigenvalue weighted by molar-refractivity contribution is 7.89. The van der Waals surface area contributed by atoms with E-state index in [0.717, 1.165) is 34.1 Å². The van der Waals surface area contributed by atoms with Crippen LogP contribution in [0.25, 0.3) is 10.9 Å². The zero-order valence-corrected chi connectivity index (χ0v) is 21.8. The number of benzene rings is 2. The van der Waals surface area contributed by atoms with Crippen molar-refractivity contribution in [1.29, 1.82) is 0 Å². The first-order valence-corrected chi connectivity index (χ1v) is 14.0. The Balaban J connectivity index is 1.44. The van der Waals surface area contributed by atoms with E-state index < -0.39 is 15.4 Å². The highest BCUT2D eigenvalue weighted by Gasteiger charge is 2.65. The van der Waals surface area contributed by atoms with Crippen molar-refractivity contribution in [3.8, 4) is 0 Å². The number of rotatable bonds is 8. The second-order valence-electron chi connectivity index (χ2n) is 11.1. The smallest absolute Gasteiger partial charge is 0.212 e. The van der Waals surface area contributed by atoms with Gasteiger partial charge in [0.2, 0.25) is 10.0 Å². The summed E-state index contributed by atoms with van der Waals surface area (Å²) in [7, 11) is 0.327. The number of aromatic amines is 1. The van der Waals surface area contributed by atoms with Gasteiger partial charge in [-0.15, -0.1) is 0 Å². The number of ketones is 1. The molecule has 0 amide bonds. The zero-order chi connectivity index (χ0) is 25.0. The maximum absolute atomic E-state index is 13.4. The van der Waals surface area contributed by atoms with Gasteiger partial charge in [-0.3, -0.25) is 4.79 Å². The monoisotopic (exact) mass is 493 g/mol. The number of para-hydroxylation sites is 1. The number of hydrogen-bond acceptors (Lipinski definition) is 4. The van der Waals surface area contributed by atoms with E-state index in [4.69, 9.17) is 0 Å². The van der Waals surface area contributed by atoms with Gasteiger partial charge in [-0.25, -0.2) is 13.1 Å². The van der Waals surface area contributed by atoms with Crippen molar-refractivity contribution in [3.05, 3.63) is 65.9 Å². The van der Waals surface area contributed by atoms with Crippen LogP contribution in [0.3, 0.4) is 0 Å². The van der Waals surface area contributed by atoms with Crippen LogP contribution < -0.4 is 9.62 Å². The summed E-state index contributed by atoms with van der Waals surface area (Å²) < 4.78 is 29.8. The minimum Gasteiger partial charge on any atom is -0.378 e. The van der Waals surface area contributed by atoms with E-state index in [1.165, 1.54) is 0 Å². The molecule has 0 aliphatic heterocycles. The first kappa shape index (κ1) is 24.1. The average molecular weight is 494 g/mol.